The highest BCUT2D eigenvalue weighted by Crippen LogP contribution is 2.20. The Labute approximate surface area is 118 Å². The molecule has 0 saturated carbocycles. The van der Waals surface area contributed by atoms with Crippen LogP contribution in [0.15, 0.2) is 17.1 Å². The van der Waals surface area contributed by atoms with Crippen LogP contribution in [0.25, 0.3) is 0 Å². The highest BCUT2D eigenvalue weighted by Gasteiger charge is 2.21. The SMILES string of the molecule is CCCCC(C(=O)O)n1cc(O)c(=O)cc1CN(C)C. The minimum absolute atomic E-state index is 0.421. The van der Waals surface area contributed by atoms with Crippen molar-refractivity contribution in [1.82, 2.24) is 9.47 Å². The molecule has 2 N–H and O–H groups in total. The molecule has 1 aromatic rings. The molecule has 0 bridgehead atoms. The van der Waals surface area contributed by atoms with Gasteiger partial charge >= 0.3 is 5.97 Å². The largest absolute Gasteiger partial charge is 0.503 e. The van der Waals surface area contributed by atoms with Crippen LogP contribution in [0.4, 0.5) is 0 Å². The van der Waals surface area contributed by atoms with Crippen LogP contribution in [0, 0.1) is 0 Å². The highest BCUT2D eigenvalue weighted by atomic mass is 16.4. The Morgan fingerprint density at radius 2 is 2.10 bits per heavy atom. The molecule has 0 spiro atoms. The second kappa shape index (κ2) is 7.09. The molecular formula is C14H22N2O4. The van der Waals surface area contributed by atoms with Crippen LogP contribution in [0.5, 0.6) is 5.75 Å². The third kappa shape index (κ3) is 4.09. The van der Waals surface area contributed by atoms with E-state index in [1.807, 2.05) is 25.9 Å². The number of hydrogen-bond acceptors (Lipinski definition) is 4. The number of unbranched alkanes of at least 4 members (excludes halogenated alkanes) is 1. The Balaban J connectivity index is 3.26. The normalized spacial score (nSPS) is 12.6. The van der Waals surface area contributed by atoms with Gasteiger partial charge in [0.1, 0.15) is 6.04 Å². The molecule has 0 radical (unpaired) electrons. The zero-order chi connectivity index (χ0) is 15.3. The van der Waals surface area contributed by atoms with Gasteiger partial charge in [-0.05, 0) is 20.5 Å². The molecule has 0 aliphatic heterocycles. The molecule has 0 aliphatic carbocycles. The number of aromatic hydroxyl groups is 1. The Morgan fingerprint density at radius 1 is 1.45 bits per heavy atom. The Bertz CT molecular complexity index is 522. The lowest BCUT2D eigenvalue weighted by Crippen LogP contribution is -2.26. The average Bonchev–Trinajstić information content (AvgIpc) is 2.34. The van der Waals surface area contributed by atoms with Crippen LogP contribution in [-0.2, 0) is 11.3 Å². The summed E-state index contributed by atoms with van der Waals surface area (Å²) in [5.41, 5.74) is 0.0963. The van der Waals surface area contributed by atoms with E-state index < -0.39 is 23.2 Å². The predicted molar refractivity (Wildman–Crippen MR) is 76.0 cm³/mol. The van der Waals surface area contributed by atoms with Gasteiger partial charge in [-0.3, -0.25) is 4.79 Å². The number of rotatable bonds is 7. The lowest BCUT2D eigenvalue weighted by atomic mass is 10.1. The fraction of sp³-hybridized carbons (Fsp3) is 0.571. The number of pyridine rings is 1. The summed E-state index contributed by atoms with van der Waals surface area (Å²) >= 11 is 0. The van der Waals surface area contributed by atoms with Crippen LogP contribution in [0.2, 0.25) is 0 Å². The lowest BCUT2D eigenvalue weighted by Gasteiger charge is -2.22. The summed E-state index contributed by atoms with van der Waals surface area (Å²) in [5.74, 6) is -1.38. The van der Waals surface area contributed by atoms with E-state index in [9.17, 15) is 19.8 Å². The fourth-order valence-corrected chi connectivity index (χ4v) is 2.10. The molecule has 112 valence electrons. The number of carboxylic acid groups (broad SMARTS) is 1. The van der Waals surface area contributed by atoms with Gasteiger partial charge in [-0.25, -0.2) is 4.79 Å². The first-order chi connectivity index (χ1) is 9.36. The molecule has 6 nitrogen and oxygen atoms in total. The van der Waals surface area contributed by atoms with Crippen LogP contribution in [0.1, 0.15) is 37.9 Å². The Morgan fingerprint density at radius 3 is 2.60 bits per heavy atom. The van der Waals surface area contributed by atoms with Gasteiger partial charge in [-0.1, -0.05) is 19.8 Å². The maximum Gasteiger partial charge on any atom is 0.326 e. The first-order valence-corrected chi connectivity index (χ1v) is 6.68. The third-order valence-corrected chi connectivity index (χ3v) is 3.07. The van der Waals surface area contributed by atoms with Gasteiger partial charge in [-0.15, -0.1) is 0 Å². The summed E-state index contributed by atoms with van der Waals surface area (Å²) in [7, 11) is 3.67. The Kier molecular flexibility index (Phi) is 5.76. The number of nitrogens with zero attached hydrogens (tertiary/aromatic N) is 2. The molecule has 1 atom stereocenters. The van der Waals surface area contributed by atoms with Crippen molar-refractivity contribution in [2.75, 3.05) is 14.1 Å². The number of carboxylic acids is 1. The van der Waals surface area contributed by atoms with Crippen LogP contribution in [-0.4, -0.2) is 39.7 Å². The zero-order valence-electron chi connectivity index (χ0n) is 12.2. The quantitative estimate of drug-likeness (QED) is 0.790. The monoisotopic (exact) mass is 282 g/mol. The standard InChI is InChI=1S/C14H22N2O4/c1-4-5-6-11(14(19)20)16-9-13(18)12(17)7-10(16)8-15(2)3/h7,9,11,18H,4-6,8H2,1-3H3,(H,19,20). The van der Waals surface area contributed by atoms with Gasteiger partial charge in [0.25, 0.3) is 0 Å². The number of hydrogen-bond donors (Lipinski definition) is 2. The smallest absolute Gasteiger partial charge is 0.326 e. The minimum atomic E-state index is -0.957. The zero-order valence-corrected chi connectivity index (χ0v) is 12.2. The van der Waals surface area contributed by atoms with Gasteiger partial charge in [0.05, 0.1) is 6.20 Å². The lowest BCUT2D eigenvalue weighted by molar-refractivity contribution is -0.141. The van der Waals surface area contributed by atoms with Gasteiger partial charge in [0.15, 0.2) is 5.75 Å². The number of carbonyl (C=O) groups is 1. The van der Waals surface area contributed by atoms with Gasteiger partial charge in [0.2, 0.25) is 5.43 Å². The van der Waals surface area contributed by atoms with E-state index >= 15 is 0 Å². The van der Waals surface area contributed by atoms with Crippen molar-refractivity contribution < 1.29 is 15.0 Å². The minimum Gasteiger partial charge on any atom is -0.503 e. The van der Waals surface area contributed by atoms with Crippen molar-refractivity contribution >= 4 is 5.97 Å². The van der Waals surface area contributed by atoms with E-state index in [1.54, 1.807) is 0 Å². The van der Waals surface area contributed by atoms with Crippen LogP contribution in [0.3, 0.4) is 0 Å². The van der Waals surface area contributed by atoms with Crippen molar-refractivity contribution in [1.29, 1.82) is 0 Å². The first kappa shape index (κ1) is 16.2. The van der Waals surface area contributed by atoms with E-state index in [4.69, 9.17) is 0 Å². The molecule has 1 unspecified atom stereocenters. The molecule has 1 aromatic heterocycles. The van der Waals surface area contributed by atoms with Crippen molar-refractivity contribution in [2.24, 2.45) is 0 Å². The molecule has 20 heavy (non-hydrogen) atoms. The molecule has 0 aliphatic rings. The van der Waals surface area contributed by atoms with E-state index in [0.29, 0.717) is 18.7 Å². The Hall–Kier alpha value is -1.82. The number of aliphatic carboxylic acids is 1. The molecule has 0 amide bonds. The second-order valence-corrected chi connectivity index (χ2v) is 5.16. The highest BCUT2D eigenvalue weighted by molar-refractivity contribution is 5.72. The average molecular weight is 282 g/mol. The van der Waals surface area contributed by atoms with Crippen molar-refractivity contribution in [3.63, 3.8) is 0 Å². The second-order valence-electron chi connectivity index (χ2n) is 5.16. The summed E-state index contributed by atoms with van der Waals surface area (Å²) < 4.78 is 1.49. The molecule has 6 heteroatoms. The summed E-state index contributed by atoms with van der Waals surface area (Å²) in [6.45, 7) is 2.42. The van der Waals surface area contributed by atoms with Gasteiger partial charge in [0, 0.05) is 18.3 Å². The van der Waals surface area contributed by atoms with E-state index in [0.717, 1.165) is 12.8 Å². The van der Waals surface area contributed by atoms with Crippen LogP contribution >= 0.6 is 0 Å². The van der Waals surface area contributed by atoms with Crippen molar-refractivity contribution in [2.45, 2.75) is 38.8 Å². The van der Waals surface area contributed by atoms with Crippen molar-refractivity contribution in [3.05, 3.63) is 28.2 Å². The summed E-state index contributed by atoms with van der Waals surface area (Å²) in [5, 5.41) is 19.0. The molecule has 0 fully saturated rings. The van der Waals surface area contributed by atoms with Crippen LogP contribution < -0.4 is 5.43 Å². The summed E-state index contributed by atoms with van der Waals surface area (Å²) in [6.07, 6.45) is 3.36. The van der Waals surface area contributed by atoms with E-state index in [1.165, 1.54) is 16.8 Å². The first-order valence-electron chi connectivity index (χ1n) is 6.68. The predicted octanol–water partition coefficient (Wildman–Crippen LogP) is 1.43. The topological polar surface area (TPSA) is 82.8 Å². The van der Waals surface area contributed by atoms with E-state index in [-0.39, 0.29) is 0 Å². The maximum absolute atomic E-state index is 11.6. The molecule has 0 saturated heterocycles. The van der Waals surface area contributed by atoms with E-state index in [2.05, 4.69) is 0 Å². The third-order valence-electron chi connectivity index (χ3n) is 3.07. The van der Waals surface area contributed by atoms with Gasteiger partial charge < -0.3 is 19.7 Å². The molecular weight excluding hydrogens is 260 g/mol. The number of aromatic nitrogens is 1. The molecule has 0 aromatic carbocycles. The summed E-state index contributed by atoms with van der Waals surface area (Å²) in [6, 6.07) is 0.536. The maximum atomic E-state index is 11.6. The molecule has 1 rings (SSSR count). The van der Waals surface area contributed by atoms with Crippen molar-refractivity contribution in [3.8, 4) is 5.75 Å². The fourth-order valence-electron chi connectivity index (χ4n) is 2.10. The summed E-state index contributed by atoms with van der Waals surface area (Å²) in [4.78, 5) is 24.8. The molecule has 1 heterocycles. The van der Waals surface area contributed by atoms with Gasteiger partial charge in [-0.2, -0.15) is 0 Å².